The highest BCUT2D eigenvalue weighted by atomic mass is 16.5. The van der Waals surface area contributed by atoms with E-state index in [1.54, 1.807) is 6.92 Å². The summed E-state index contributed by atoms with van der Waals surface area (Å²) >= 11 is 0. The molecule has 16 heavy (non-hydrogen) atoms. The van der Waals surface area contributed by atoms with Crippen LogP contribution in [0.25, 0.3) is 0 Å². The van der Waals surface area contributed by atoms with Gasteiger partial charge in [-0.1, -0.05) is 17.7 Å². The Morgan fingerprint density at radius 1 is 1.31 bits per heavy atom. The lowest BCUT2D eigenvalue weighted by atomic mass is 10.2. The molecule has 90 valence electrons. The second-order valence-electron chi connectivity index (χ2n) is 4.27. The van der Waals surface area contributed by atoms with Gasteiger partial charge < -0.3 is 14.7 Å². The molecule has 0 saturated carbocycles. The van der Waals surface area contributed by atoms with Gasteiger partial charge in [0, 0.05) is 13.1 Å². The van der Waals surface area contributed by atoms with E-state index in [9.17, 15) is 5.11 Å². The predicted octanol–water partition coefficient (Wildman–Crippen LogP) is 1.69. The smallest absolute Gasteiger partial charge is 0.119 e. The Morgan fingerprint density at radius 3 is 2.50 bits per heavy atom. The van der Waals surface area contributed by atoms with Crippen molar-refractivity contribution < 1.29 is 9.84 Å². The first-order chi connectivity index (χ1) is 7.58. The number of ether oxygens (including phenoxy) is 1. The fourth-order valence-corrected chi connectivity index (χ4v) is 1.50. The summed E-state index contributed by atoms with van der Waals surface area (Å²) in [6, 6.07) is 8.03. The molecule has 1 atom stereocenters. The van der Waals surface area contributed by atoms with Crippen LogP contribution < -0.4 is 4.74 Å². The lowest BCUT2D eigenvalue weighted by Gasteiger charge is -2.18. The first-order valence-electron chi connectivity index (χ1n) is 5.64. The van der Waals surface area contributed by atoms with Crippen molar-refractivity contribution in [3.8, 4) is 5.75 Å². The maximum Gasteiger partial charge on any atom is 0.119 e. The van der Waals surface area contributed by atoms with Gasteiger partial charge >= 0.3 is 0 Å². The minimum atomic E-state index is -0.288. The van der Waals surface area contributed by atoms with Crippen LogP contribution in [0.2, 0.25) is 0 Å². The maximum absolute atomic E-state index is 9.19. The molecule has 1 unspecified atom stereocenters. The zero-order valence-electron chi connectivity index (χ0n) is 10.3. The van der Waals surface area contributed by atoms with Gasteiger partial charge in [0.25, 0.3) is 0 Å². The number of benzene rings is 1. The van der Waals surface area contributed by atoms with Crippen LogP contribution >= 0.6 is 0 Å². The van der Waals surface area contributed by atoms with E-state index in [0.29, 0.717) is 13.2 Å². The summed E-state index contributed by atoms with van der Waals surface area (Å²) in [6.45, 7) is 5.99. The first kappa shape index (κ1) is 13.0. The molecule has 0 radical (unpaired) electrons. The number of likely N-dealkylation sites (N-methyl/N-ethyl adjacent to an activating group) is 1. The fourth-order valence-electron chi connectivity index (χ4n) is 1.50. The average molecular weight is 223 g/mol. The van der Waals surface area contributed by atoms with E-state index < -0.39 is 0 Å². The molecule has 0 aromatic heterocycles. The molecule has 1 aromatic carbocycles. The van der Waals surface area contributed by atoms with Crippen LogP contribution in [0.3, 0.4) is 0 Å². The first-order valence-corrected chi connectivity index (χ1v) is 5.64. The SMILES string of the molecule is Cc1ccc(OCCN(C)CC(C)O)cc1. The minimum Gasteiger partial charge on any atom is -0.492 e. The third kappa shape index (κ3) is 5.14. The van der Waals surface area contributed by atoms with E-state index in [1.165, 1.54) is 5.56 Å². The molecule has 0 saturated heterocycles. The van der Waals surface area contributed by atoms with E-state index in [-0.39, 0.29) is 6.10 Å². The van der Waals surface area contributed by atoms with Crippen molar-refractivity contribution in [2.24, 2.45) is 0 Å². The lowest BCUT2D eigenvalue weighted by Crippen LogP contribution is -2.30. The number of aliphatic hydroxyl groups is 1. The van der Waals surface area contributed by atoms with Crippen molar-refractivity contribution in [2.75, 3.05) is 26.7 Å². The van der Waals surface area contributed by atoms with Crippen molar-refractivity contribution >= 4 is 0 Å². The fraction of sp³-hybridized carbons (Fsp3) is 0.538. The molecule has 0 aliphatic carbocycles. The summed E-state index contributed by atoms with van der Waals surface area (Å²) in [7, 11) is 1.98. The standard InChI is InChI=1S/C13H21NO2/c1-11-4-6-13(7-5-11)16-9-8-14(3)10-12(2)15/h4-7,12,15H,8-10H2,1-3H3. The normalized spacial score (nSPS) is 12.8. The van der Waals surface area contributed by atoms with E-state index in [1.807, 2.05) is 31.3 Å². The zero-order valence-corrected chi connectivity index (χ0v) is 10.3. The second-order valence-corrected chi connectivity index (χ2v) is 4.27. The van der Waals surface area contributed by atoms with Crippen molar-refractivity contribution in [3.63, 3.8) is 0 Å². The van der Waals surface area contributed by atoms with Crippen LogP contribution in [-0.4, -0.2) is 42.9 Å². The molecule has 0 amide bonds. The van der Waals surface area contributed by atoms with Gasteiger partial charge in [-0.2, -0.15) is 0 Å². The summed E-state index contributed by atoms with van der Waals surface area (Å²) in [5.41, 5.74) is 1.23. The van der Waals surface area contributed by atoms with Crippen LogP contribution in [-0.2, 0) is 0 Å². The second kappa shape index (κ2) is 6.51. The molecule has 0 aliphatic rings. The number of aryl methyl sites for hydroxylation is 1. The molecule has 1 N–H and O–H groups in total. The van der Waals surface area contributed by atoms with Gasteiger partial charge in [-0.15, -0.1) is 0 Å². The number of hydrogen-bond acceptors (Lipinski definition) is 3. The highest BCUT2D eigenvalue weighted by Gasteiger charge is 2.02. The molecule has 3 heteroatoms. The molecule has 0 fully saturated rings. The Balaban J connectivity index is 2.22. The molecule has 1 rings (SSSR count). The van der Waals surface area contributed by atoms with Crippen LogP contribution in [0, 0.1) is 6.92 Å². The Hall–Kier alpha value is -1.06. The quantitative estimate of drug-likeness (QED) is 0.796. The minimum absolute atomic E-state index is 0.288. The Bertz CT molecular complexity index is 295. The predicted molar refractivity (Wildman–Crippen MR) is 65.9 cm³/mol. The van der Waals surface area contributed by atoms with Gasteiger partial charge in [0.15, 0.2) is 0 Å². The zero-order chi connectivity index (χ0) is 12.0. The molecule has 3 nitrogen and oxygen atoms in total. The highest BCUT2D eigenvalue weighted by Crippen LogP contribution is 2.10. The molecule has 0 spiro atoms. The molecule has 0 heterocycles. The van der Waals surface area contributed by atoms with Crippen molar-refractivity contribution in [1.82, 2.24) is 4.90 Å². The van der Waals surface area contributed by atoms with E-state index in [2.05, 4.69) is 11.8 Å². The number of rotatable bonds is 6. The topological polar surface area (TPSA) is 32.7 Å². The summed E-state index contributed by atoms with van der Waals surface area (Å²) in [6.07, 6.45) is -0.288. The molecule has 1 aromatic rings. The van der Waals surface area contributed by atoms with Gasteiger partial charge in [0.05, 0.1) is 6.10 Å². The summed E-state index contributed by atoms with van der Waals surface area (Å²) < 4.78 is 5.59. The van der Waals surface area contributed by atoms with E-state index in [0.717, 1.165) is 12.3 Å². The molecular weight excluding hydrogens is 202 g/mol. The van der Waals surface area contributed by atoms with Gasteiger partial charge in [0.2, 0.25) is 0 Å². The van der Waals surface area contributed by atoms with Crippen LogP contribution in [0.1, 0.15) is 12.5 Å². The third-order valence-electron chi connectivity index (χ3n) is 2.34. The van der Waals surface area contributed by atoms with Gasteiger partial charge in [-0.3, -0.25) is 0 Å². The summed E-state index contributed by atoms with van der Waals surface area (Å²) in [4.78, 5) is 2.05. The van der Waals surface area contributed by atoms with Crippen molar-refractivity contribution in [2.45, 2.75) is 20.0 Å². The maximum atomic E-state index is 9.19. The Labute approximate surface area is 97.7 Å². The van der Waals surface area contributed by atoms with Gasteiger partial charge in [-0.25, -0.2) is 0 Å². The van der Waals surface area contributed by atoms with E-state index in [4.69, 9.17) is 4.74 Å². The lowest BCUT2D eigenvalue weighted by molar-refractivity contribution is 0.131. The average Bonchev–Trinajstić information content (AvgIpc) is 2.20. The Kier molecular flexibility index (Phi) is 5.29. The van der Waals surface area contributed by atoms with Gasteiger partial charge in [0.1, 0.15) is 12.4 Å². The Morgan fingerprint density at radius 2 is 1.94 bits per heavy atom. The largest absolute Gasteiger partial charge is 0.492 e. The number of aliphatic hydroxyl groups excluding tert-OH is 1. The van der Waals surface area contributed by atoms with Crippen LogP contribution in [0.15, 0.2) is 24.3 Å². The highest BCUT2D eigenvalue weighted by molar-refractivity contribution is 5.26. The van der Waals surface area contributed by atoms with Crippen LogP contribution in [0.5, 0.6) is 5.75 Å². The third-order valence-corrected chi connectivity index (χ3v) is 2.34. The number of nitrogens with zero attached hydrogens (tertiary/aromatic N) is 1. The van der Waals surface area contributed by atoms with Crippen molar-refractivity contribution in [1.29, 1.82) is 0 Å². The number of hydrogen-bond donors (Lipinski definition) is 1. The summed E-state index contributed by atoms with van der Waals surface area (Å²) in [5, 5.41) is 9.19. The van der Waals surface area contributed by atoms with E-state index >= 15 is 0 Å². The summed E-state index contributed by atoms with van der Waals surface area (Å²) in [5.74, 6) is 0.899. The molecule has 0 bridgehead atoms. The van der Waals surface area contributed by atoms with Crippen molar-refractivity contribution in [3.05, 3.63) is 29.8 Å². The van der Waals surface area contributed by atoms with Crippen LogP contribution in [0.4, 0.5) is 0 Å². The molecular formula is C13H21NO2. The monoisotopic (exact) mass is 223 g/mol. The molecule has 0 aliphatic heterocycles. The van der Waals surface area contributed by atoms with Gasteiger partial charge in [-0.05, 0) is 33.0 Å².